The Kier molecular flexibility index (Phi) is 4.53. The zero-order chi connectivity index (χ0) is 21.9. The van der Waals surface area contributed by atoms with Crippen molar-refractivity contribution >= 4 is 45.9 Å². The van der Waals surface area contributed by atoms with Crippen molar-refractivity contribution in [3.63, 3.8) is 0 Å². The third kappa shape index (κ3) is 3.00. The summed E-state index contributed by atoms with van der Waals surface area (Å²) in [4.78, 5) is 28.3. The van der Waals surface area contributed by atoms with Gasteiger partial charge in [0.25, 0.3) is 5.91 Å². The standard InChI is InChI=1S/C22H14Cl2N2O5/c1-10-7-16(25-31-10)26-18(11-3-5-13(29-2)6-4-11)17-19(27)14-8-12(23)9-15(24)20(14)30-21(17)22(26)28/h3-9,18H,1-2H3/t18-/m1/s1. The SMILES string of the molecule is COc1ccc([C@@H]2c3c(oc4c(Cl)cc(Cl)cc4c3=O)C(=O)N2c2cc(C)on2)cc1. The molecular weight excluding hydrogens is 443 g/mol. The molecule has 2 aromatic carbocycles. The van der Waals surface area contributed by atoms with Gasteiger partial charge in [-0.15, -0.1) is 0 Å². The van der Waals surface area contributed by atoms with Gasteiger partial charge in [-0.1, -0.05) is 40.5 Å². The maximum absolute atomic E-state index is 13.5. The fraction of sp³-hybridized carbons (Fsp3) is 0.136. The van der Waals surface area contributed by atoms with Gasteiger partial charge < -0.3 is 13.7 Å². The molecule has 1 atom stereocenters. The zero-order valence-electron chi connectivity index (χ0n) is 16.3. The van der Waals surface area contributed by atoms with Crippen LogP contribution in [0.5, 0.6) is 5.75 Å². The summed E-state index contributed by atoms with van der Waals surface area (Å²) in [6, 6.07) is 10.8. The summed E-state index contributed by atoms with van der Waals surface area (Å²) in [5.41, 5.74) is 0.572. The van der Waals surface area contributed by atoms with E-state index < -0.39 is 17.4 Å². The largest absolute Gasteiger partial charge is 0.497 e. The smallest absolute Gasteiger partial charge is 0.296 e. The number of amides is 1. The lowest BCUT2D eigenvalue weighted by molar-refractivity contribution is 0.0969. The molecule has 3 heterocycles. The number of anilines is 1. The summed E-state index contributed by atoms with van der Waals surface area (Å²) in [7, 11) is 1.56. The lowest BCUT2D eigenvalue weighted by Gasteiger charge is -2.22. The Morgan fingerprint density at radius 3 is 2.48 bits per heavy atom. The Balaban J connectivity index is 1.82. The number of fused-ring (bicyclic) bond motifs is 2. The number of hydrogen-bond acceptors (Lipinski definition) is 6. The number of rotatable bonds is 3. The number of aromatic nitrogens is 1. The maximum atomic E-state index is 13.5. The molecule has 0 aliphatic carbocycles. The van der Waals surface area contributed by atoms with E-state index in [2.05, 4.69) is 5.16 Å². The average Bonchev–Trinajstić information content (AvgIpc) is 3.30. The van der Waals surface area contributed by atoms with Crippen LogP contribution in [0.25, 0.3) is 11.0 Å². The van der Waals surface area contributed by atoms with Gasteiger partial charge in [0, 0.05) is 11.1 Å². The van der Waals surface area contributed by atoms with Crippen LogP contribution in [-0.4, -0.2) is 18.2 Å². The molecule has 5 rings (SSSR count). The highest BCUT2D eigenvalue weighted by atomic mass is 35.5. The van der Waals surface area contributed by atoms with E-state index in [0.717, 1.165) is 0 Å². The third-order valence-electron chi connectivity index (χ3n) is 5.18. The fourth-order valence-corrected chi connectivity index (χ4v) is 4.34. The normalized spacial score (nSPS) is 15.5. The van der Waals surface area contributed by atoms with Crippen LogP contribution in [0, 0.1) is 6.92 Å². The first-order valence-electron chi connectivity index (χ1n) is 9.25. The second kappa shape index (κ2) is 7.14. The van der Waals surface area contributed by atoms with Gasteiger partial charge in [0.15, 0.2) is 16.8 Å². The molecule has 9 heteroatoms. The van der Waals surface area contributed by atoms with E-state index >= 15 is 0 Å². The van der Waals surface area contributed by atoms with E-state index in [0.29, 0.717) is 22.1 Å². The Bertz CT molecular complexity index is 1410. The molecule has 0 bridgehead atoms. The molecule has 0 radical (unpaired) electrons. The molecule has 0 N–H and O–H groups in total. The number of ether oxygens (including phenoxy) is 1. The first-order chi connectivity index (χ1) is 14.9. The summed E-state index contributed by atoms with van der Waals surface area (Å²) in [5, 5.41) is 4.62. The molecule has 31 heavy (non-hydrogen) atoms. The van der Waals surface area contributed by atoms with E-state index in [1.54, 1.807) is 44.4 Å². The number of carbonyl (C=O) groups excluding carboxylic acids is 1. The van der Waals surface area contributed by atoms with Gasteiger partial charge in [0.05, 0.1) is 29.1 Å². The quantitative estimate of drug-likeness (QED) is 0.423. The monoisotopic (exact) mass is 456 g/mol. The van der Waals surface area contributed by atoms with Crippen molar-refractivity contribution in [3.05, 3.63) is 85.4 Å². The van der Waals surface area contributed by atoms with Crippen LogP contribution in [0.2, 0.25) is 10.0 Å². The van der Waals surface area contributed by atoms with Gasteiger partial charge in [0.1, 0.15) is 11.5 Å². The predicted octanol–water partition coefficient (Wildman–Crippen LogP) is 5.15. The number of aryl methyl sites for hydroxylation is 1. The predicted molar refractivity (Wildman–Crippen MR) is 115 cm³/mol. The highest BCUT2D eigenvalue weighted by Crippen LogP contribution is 2.42. The van der Waals surface area contributed by atoms with Crippen LogP contribution >= 0.6 is 23.2 Å². The van der Waals surface area contributed by atoms with E-state index in [-0.39, 0.29) is 33.1 Å². The summed E-state index contributed by atoms with van der Waals surface area (Å²) < 4.78 is 16.3. The molecule has 1 aliphatic heterocycles. The third-order valence-corrected chi connectivity index (χ3v) is 5.68. The van der Waals surface area contributed by atoms with Gasteiger partial charge in [-0.25, -0.2) is 0 Å². The summed E-state index contributed by atoms with van der Waals surface area (Å²) in [6.45, 7) is 1.71. The van der Waals surface area contributed by atoms with Gasteiger partial charge in [0.2, 0.25) is 5.76 Å². The molecule has 1 amide bonds. The van der Waals surface area contributed by atoms with Crippen LogP contribution in [0.4, 0.5) is 5.82 Å². The van der Waals surface area contributed by atoms with Crippen LogP contribution in [0.1, 0.15) is 33.5 Å². The van der Waals surface area contributed by atoms with Gasteiger partial charge in [-0.2, -0.15) is 0 Å². The maximum Gasteiger partial charge on any atom is 0.296 e. The molecule has 1 aliphatic rings. The summed E-state index contributed by atoms with van der Waals surface area (Å²) in [5.74, 6) is 0.812. The molecule has 0 saturated heterocycles. The topological polar surface area (TPSA) is 85.8 Å². The van der Waals surface area contributed by atoms with Crippen LogP contribution in [0.3, 0.4) is 0 Å². The average molecular weight is 457 g/mol. The van der Waals surface area contributed by atoms with Gasteiger partial charge >= 0.3 is 0 Å². The Labute approximate surface area is 185 Å². The minimum absolute atomic E-state index is 0.0943. The molecule has 2 aromatic heterocycles. The molecule has 156 valence electrons. The van der Waals surface area contributed by atoms with E-state index in [4.69, 9.17) is 36.9 Å². The lowest BCUT2D eigenvalue weighted by Crippen LogP contribution is -2.29. The number of halogens is 2. The fourth-order valence-electron chi connectivity index (χ4n) is 3.81. The number of methoxy groups -OCH3 is 1. The highest BCUT2D eigenvalue weighted by molar-refractivity contribution is 6.38. The van der Waals surface area contributed by atoms with Gasteiger partial charge in [-0.05, 0) is 36.8 Å². The molecule has 0 fully saturated rings. The van der Waals surface area contributed by atoms with Crippen molar-refractivity contribution in [2.75, 3.05) is 12.0 Å². The van der Waals surface area contributed by atoms with E-state index in [1.807, 2.05) is 0 Å². The molecule has 0 saturated carbocycles. The Morgan fingerprint density at radius 2 is 1.84 bits per heavy atom. The minimum atomic E-state index is -0.781. The van der Waals surface area contributed by atoms with Crippen LogP contribution < -0.4 is 15.1 Å². The van der Waals surface area contributed by atoms with Gasteiger partial charge in [-0.3, -0.25) is 14.5 Å². The first kappa shape index (κ1) is 19.7. The Hall–Kier alpha value is -3.29. The second-order valence-corrected chi connectivity index (χ2v) is 7.93. The van der Waals surface area contributed by atoms with Crippen LogP contribution in [-0.2, 0) is 0 Å². The van der Waals surface area contributed by atoms with E-state index in [1.165, 1.54) is 17.0 Å². The number of carbonyl (C=O) groups is 1. The molecule has 0 spiro atoms. The lowest BCUT2D eigenvalue weighted by atomic mass is 9.98. The second-order valence-electron chi connectivity index (χ2n) is 7.08. The molecular formula is C22H14Cl2N2O5. The van der Waals surface area contributed by atoms with Crippen molar-refractivity contribution in [1.29, 1.82) is 0 Å². The van der Waals surface area contributed by atoms with Crippen molar-refractivity contribution in [2.24, 2.45) is 0 Å². The zero-order valence-corrected chi connectivity index (χ0v) is 17.8. The van der Waals surface area contributed by atoms with Crippen molar-refractivity contribution in [2.45, 2.75) is 13.0 Å². The summed E-state index contributed by atoms with van der Waals surface area (Å²) in [6.07, 6.45) is 0. The number of hydrogen-bond donors (Lipinski definition) is 0. The van der Waals surface area contributed by atoms with Crippen molar-refractivity contribution in [1.82, 2.24) is 5.16 Å². The molecule has 4 aromatic rings. The molecule has 7 nitrogen and oxygen atoms in total. The number of nitrogens with zero attached hydrogens (tertiary/aromatic N) is 2. The highest BCUT2D eigenvalue weighted by Gasteiger charge is 2.45. The van der Waals surface area contributed by atoms with Crippen LogP contribution in [0.15, 0.2) is 56.2 Å². The molecule has 0 unspecified atom stereocenters. The summed E-state index contributed by atoms with van der Waals surface area (Å²) >= 11 is 12.4. The van der Waals surface area contributed by atoms with Crippen molar-refractivity contribution < 1.29 is 18.5 Å². The van der Waals surface area contributed by atoms with E-state index in [9.17, 15) is 9.59 Å². The van der Waals surface area contributed by atoms with Crippen molar-refractivity contribution in [3.8, 4) is 5.75 Å². The minimum Gasteiger partial charge on any atom is -0.497 e. The number of benzene rings is 2. The Morgan fingerprint density at radius 1 is 1.10 bits per heavy atom. The first-order valence-corrected chi connectivity index (χ1v) is 10.0.